The van der Waals surface area contributed by atoms with E-state index in [0.717, 1.165) is 0 Å². The van der Waals surface area contributed by atoms with Crippen LogP contribution in [0, 0.1) is 163 Å². The van der Waals surface area contributed by atoms with Gasteiger partial charge in [0.2, 0.25) is 0 Å². The maximum Gasteiger partial charge on any atom is 1.00 e. The molecule has 8 aromatic carbocycles. The van der Waals surface area contributed by atoms with Crippen LogP contribution in [0.2, 0.25) is 0 Å². The molecule has 30 heteroatoms. The summed E-state index contributed by atoms with van der Waals surface area (Å²) in [4.78, 5) is 0. The van der Waals surface area contributed by atoms with Gasteiger partial charge in [0, 0.05) is 0 Å². The van der Waals surface area contributed by atoms with Gasteiger partial charge in [-0.05, 0) is 21.5 Å². The molecule has 0 bridgehead atoms. The smallest absolute Gasteiger partial charge is 0.207 e. The zero-order valence-corrected chi connectivity index (χ0v) is 34.2. The van der Waals surface area contributed by atoms with E-state index in [1.54, 1.807) is 0 Å². The second-order valence-corrected chi connectivity index (χ2v) is 14.3. The molecule has 8 rings (SSSR count). The Labute approximate surface area is 385 Å². The second-order valence-electron chi connectivity index (χ2n) is 14.3. The Morgan fingerprint density at radius 3 is 0.357 bits per heavy atom. The summed E-state index contributed by atoms with van der Waals surface area (Å²) in [6, 6.07) is 0. The van der Waals surface area contributed by atoms with Gasteiger partial charge in [0.1, 0.15) is 29.4 Å². The molecule has 70 heavy (non-hydrogen) atoms. The van der Waals surface area contributed by atoms with Gasteiger partial charge in [0.05, 0.1) is 21.5 Å². The monoisotopic (exact) mass is 1050 g/mol. The van der Waals surface area contributed by atoms with E-state index in [2.05, 4.69) is 0 Å². The van der Waals surface area contributed by atoms with Crippen LogP contribution in [0.1, 0.15) is 0 Å². The van der Waals surface area contributed by atoms with Gasteiger partial charge < -0.3 is 0 Å². The van der Waals surface area contributed by atoms with Gasteiger partial charge in [-0.2, -0.15) is 0 Å². The molecule has 0 spiro atoms. The van der Waals surface area contributed by atoms with E-state index in [0.29, 0.717) is 0 Å². The average molecular weight is 1050 g/mol. The molecule has 0 aliphatic carbocycles. The summed E-state index contributed by atoms with van der Waals surface area (Å²) in [5.41, 5.74) is -15.5. The minimum Gasteiger partial charge on any atom is -0.207 e. The molecule has 0 unspecified atom stereocenters. The number of fused-ring (bicyclic) bond motifs is 4. The van der Waals surface area contributed by atoms with Crippen LogP contribution in [0.15, 0.2) is 0 Å². The molecule has 0 aromatic heterocycles. The minimum absolute atomic E-state index is 0. The van der Waals surface area contributed by atoms with Crippen molar-refractivity contribution in [2.45, 2.75) is 0 Å². The molecule has 0 radical (unpaired) electrons. The van der Waals surface area contributed by atoms with Crippen molar-refractivity contribution in [2.75, 3.05) is 0 Å². The Kier molecular flexibility index (Phi) is 12.4. The van der Waals surface area contributed by atoms with E-state index < -0.39 is 234 Å². The van der Waals surface area contributed by atoms with E-state index in [1.165, 1.54) is 0 Å². The van der Waals surface area contributed by atoms with Crippen LogP contribution in [0.25, 0.3) is 43.1 Å². The van der Waals surface area contributed by atoms with Gasteiger partial charge in [-0.3, -0.25) is 0 Å². The zero-order valence-electron chi connectivity index (χ0n) is 32.2. The van der Waals surface area contributed by atoms with Crippen LogP contribution in [0.5, 0.6) is 0 Å². The van der Waals surface area contributed by atoms with Crippen LogP contribution < -0.4 is 51.4 Å². The molecule has 0 N–H and O–H groups in total. The quantitative estimate of drug-likeness (QED) is 0.0718. The number of halogens is 28. The van der Waals surface area contributed by atoms with Crippen molar-refractivity contribution < 1.29 is 152 Å². The van der Waals surface area contributed by atoms with Gasteiger partial charge in [-0.25, -0.2) is 123 Å². The molecular weight excluding hydrogens is 1050 g/mol. The Balaban J connectivity index is 0.00000722. The van der Waals surface area contributed by atoms with Gasteiger partial charge in [0.25, 0.3) is 0 Å². The SMILES string of the molecule is Fc1c(F)c(F)c2c([B-](c3c(F)c(F)c(F)c4c(F)c(F)c(F)c(F)c34)(c3c(F)c(F)c(F)c4c(F)c(F)c(F)c(F)c34)c3c(F)c(F)c(F)c4c(F)c(F)c(F)c(F)c34)c(F)c(F)c(F)c2c1F.[Na+]. The van der Waals surface area contributed by atoms with Crippen LogP contribution in [-0.2, 0) is 0 Å². The number of hydrogen-bond acceptors (Lipinski definition) is 0. The number of hydrogen-bond donors (Lipinski definition) is 0. The first kappa shape index (κ1) is 51.7. The van der Waals surface area contributed by atoms with Crippen molar-refractivity contribution in [1.82, 2.24) is 0 Å². The normalized spacial score (nSPS) is 12.2. The molecule has 0 fully saturated rings. The van der Waals surface area contributed by atoms with E-state index in [-0.39, 0.29) is 29.6 Å². The third-order valence-electron chi connectivity index (χ3n) is 11.2. The summed E-state index contributed by atoms with van der Waals surface area (Å²) in [6.45, 7) is 0. The summed E-state index contributed by atoms with van der Waals surface area (Å²) in [5, 5.41) is -27.0. The van der Waals surface area contributed by atoms with E-state index >= 15 is 105 Å². The third-order valence-corrected chi connectivity index (χ3v) is 11.2. The molecule has 0 saturated carbocycles. The predicted octanol–water partition coefficient (Wildman–Crippen LogP) is 8.58. The van der Waals surface area contributed by atoms with Gasteiger partial charge >= 0.3 is 29.6 Å². The number of rotatable bonds is 4. The van der Waals surface area contributed by atoms with Crippen LogP contribution in [0.3, 0.4) is 0 Å². The third kappa shape index (κ3) is 6.11. The van der Waals surface area contributed by atoms with Crippen molar-refractivity contribution in [3.05, 3.63) is 163 Å². The van der Waals surface area contributed by atoms with E-state index in [1.807, 2.05) is 0 Å². The molecule has 360 valence electrons. The maximum absolute atomic E-state index is 17.3. The second kappa shape index (κ2) is 16.8. The Hall–Kier alpha value is -6.10. The first-order valence-electron chi connectivity index (χ1n) is 17.4. The molecule has 0 saturated heterocycles. The van der Waals surface area contributed by atoms with Crippen LogP contribution >= 0.6 is 0 Å². The molecule has 0 aliphatic heterocycles. The fourth-order valence-corrected chi connectivity index (χ4v) is 8.59. The molecule has 0 aliphatic rings. The van der Waals surface area contributed by atoms with Crippen molar-refractivity contribution in [2.24, 2.45) is 0 Å². The molecule has 0 nitrogen and oxygen atoms in total. The van der Waals surface area contributed by atoms with Gasteiger partial charge in [0.15, 0.2) is 140 Å². The Morgan fingerprint density at radius 2 is 0.229 bits per heavy atom. The topological polar surface area (TPSA) is 0 Å². The zero-order chi connectivity index (χ0) is 51.6. The van der Waals surface area contributed by atoms with Crippen LogP contribution in [-0.4, -0.2) is 6.15 Å². The molecule has 0 atom stereocenters. The summed E-state index contributed by atoms with van der Waals surface area (Å²) in [7, 11) is 0. The minimum atomic E-state index is -8.05. The molecular formula is C40BF28Na. The van der Waals surface area contributed by atoms with E-state index in [4.69, 9.17) is 0 Å². The summed E-state index contributed by atoms with van der Waals surface area (Å²) < 4.78 is 446. The summed E-state index contributed by atoms with van der Waals surface area (Å²) in [5.74, 6) is -104. The van der Waals surface area contributed by atoms with E-state index in [9.17, 15) is 17.6 Å². The number of benzene rings is 8. The van der Waals surface area contributed by atoms with Crippen LogP contribution in [0.4, 0.5) is 123 Å². The molecule has 8 aromatic rings. The van der Waals surface area contributed by atoms with Crippen molar-refractivity contribution in [3.63, 3.8) is 0 Å². The molecule has 0 heterocycles. The first-order chi connectivity index (χ1) is 32.0. The summed E-state index contributed by atoms with van der Waals surface area (Å²) >= 11 is 0. The van der Waals surface area contributed by atoms with Crippen molar-refractivity contribution in [3.8, 4) is 0 Å². The largest absolute Gasteiger partial charge is 1.00 e. The van der Waals surface area contributed by atoms with Crippen molar-refractivity contribution >= 4 is 71.1 Å². The molecule has 0 amide bonds. The Bertz CT molecular complexity index is 3260. The Morgan fingerprint density at radius 1 is 0.129 bits per heavy atom. The predicted molar refractivity (Wildman–Crippen MR) is 179 cm³/mol. The average Bonchev–Trinajstić information content (AvgIpc) is 3.31. The maximum atomic E-state index is 17.3. The standard InChI is InChI=1S/C40BF28.Na/c42-13-1-5(21(50)37(66)33(13)62)17(46)29(58)25(54)9(1)41(10-2-6(18(47)30(59)26(10)55)22(51)38(67)34(63)14(2)43,11-3-7(19(48)31(60)27(11)56)23(52)39(68)35(64)15(3)44)12-4-8(20(49)32(61)28(12)57)24(53)40(69)36(65)16(4)45;/q-1;+1. The fraction of sp³-hybridized carbons (Fsp3) is 0. The fourth-order valence-electron chi connectivity index (χ4n) is 8.59. The van der Waals surface area contributed by atoms with Gasteiger partial charge in [-0.1, -0.05) is 0 Å². The first-order valence-corrected chi connectivity index (χ1v) is 17.4. The summed E-state index contributed by atoms with van der Waals surface area (Å²) in [6.07, 6.45) is -8.05. The van der Waals surface area contributed by atoms with Gasteiger partial charge in [-0.15, -0.1) is 21.9 Å². The van der Waals surface area contributed by atoms with Crippen molar-refractivity contribution in [1.29, 1.82) is 0 Å².